The molecule has 1 saturated carbocycles. The van der Waals surface area contributed by atoms with Crippen LogP contribution in [0.1, 0.15) is 55.9 Å². The van der Waals surface area contributed by atoms with Crippen molar-refractivity contribution in [2.75, 3.05) is 0 Å². The van der Waals surface area contributed by atoms with Gasteiger partial charge in [-0.25, -0.2) is 0 Å². The lowest BCUT2D eigenvalue weighted by Crippen LogP contribution is -2.28. The standard InChI is InChI=1S/C17H24N4/c1-13(17-12-21(2)20-19-17)18-16(11-14-7-6-8-14)15-9-4-3-5-10-15/h3-5,9-10,12-14,16,18H,6-8,11H2,1-2H3. The predicted molar refractivity (Wildman–Crippen MR) is 83.7 cm³/mol. The molecule has 0 aliphatic heterocycles. The third kappa shape index (κ3) is 3.50. The van der Waals surface area contributed by atoms with Crippen molar-refractivity contribution in [1.82, 2.24) is 20.3 Å². The molecule has 0 radical (unpaired) electrons. The number of rotatable bonds is 6. The van der Waals surface area contributed by atoms with Gasteiger partial charge < -0.3 is 5.32 Å². The van der Waals surface area contributed by atoms with Gasteiger partial charge >= 0.3 is 0 Å². The number of hydrogen-bond donors (Lipinski definition) is 1. The molecule has 1 aliphatic rings. The number of benzene rings is 1. The Labute approximate surface area is 126 Å². The summed E-state index contributed by atoms with van der Waals surface area (Å²) < 4.78 is 1.76. The van der Waals surface area contributed by atoms with E-state index in [1.54, 1.807) is 4.68 Å². The van der Waals surface area contributed by atoms with E-state index in [0.29, 0.717) is 6.04 Å². The normalized spacial score (nSPS) is 18.2. The van der Waals surface area contributed by atoms with Crippen LogP contribution in [-0.4, -0.2) is 15.0 Å². The Morgan fingerprint density at radius 1 is 1.29 bits per heavy atom. The molecule has 21 heavy (non-hydrogen) atoms. The van der Waals surface area contributed by atoms with Crippen molar-refractivity contribution < 1.29 is 0 Å². The fourth-order valence-corrected chi connectivity index (χ4v) is 3.00. The highest BCUT2D eigenvalue weighted by atomic mass is 15.4. The fraction of sp³-hybridized carbons (Fsp3) is 0.529. The lowest BCUT2D eigenvalue weighted by Gasteiger charge is -2.31. The second-order valence-corrected chi connectivity index (χ2v) is 6.20. The van der Waals surface area contributed by atoms with Crippen LogP contribution in [0.4, 0.5) is 0 Å². The Morgan fingerprint density at radius 3 is 2.62 bits per heavy atom. The molecule has 2 atom stereocenters. The maximum Gasteiger partial charge on any atom is 0.0993 e. The van der Waals surface area contributed by atoms with E-state index in [2.05, 4.69) is 52.9 Å². The van der Waals surface area contributed by atoms with Crippen molar-refractivity contribution in [2.45, 2.75) is 44.7 Å². The van der Waals surface area contributed by atoms with Gasteiger partial charge in [-0.15, -0.1) is 5.10 Å². The number of aromatic nitrogens is 3. The van der Waals surface area contributed by atoms with Crippen LogP contribution < -0.4 is 5.32 Å². The number of nitrogens with zero attached hydrogens (tertiary/aromatic N) is 3. The summed E-state index contributed by atoms with van der Waals surface area (Å²) in [6, 6.07) is 11.4. The average Bonchev–Trinajstić information content (AvgIpc) is 2.89. The summed E-state index contributed by atoms with van der Waals surface area (Å²) in [4.78, 5) is 0. The van der Waals surface area contributed by atoms with Gasteiger partial charge in [0.15, 0.2) is 0 Å². The molecule has 3 rings (SSSR count). The maximum absolute atomic E-state index is 4.23. The van der Waals surface area contributed by atoms with E-state index in [4.69, 9.17) is 0 Å². The van der Waals surface area contributed by atoms with Crippen LogP contribution in [-0.2, 0) is 7.05 Å². The third-order valence-electron chi connectivity index (χ3n) is 4.51. The SMILES string of the molecule is CC(NC(CC1CCC1)c1ccccc1)c1cn(C)nn1. The largest absolute Gasteiger partial charge is 0.302 e. The van der Waals surface area contributed by atoms with Gasteiger partial charge in [-0.1, -0.05) is 54.8 Å². The first-order chi connectivity index (χ1) is 10.2. The highest BCUT2D eigenvalue weighted by molar-refractivity contribution is 5.19. The van der Waals surface area contributed by atoms with E-state index in [-0.39, 0.29) is 6.04 Å². The first-order valence-electron chi connectivity index (χ1n) is 7.89. The van der Waals surface area contributed by atoms with E-state index >= 15 is 0 Å². The molecule has 1 aliphatic carbocycles. The second kappa shape index (κ2) is 6.39. The summed E-state index contributed by atoms with van der Waals surface area (Å²) >= 11 is 0. The first kappa shape index (κ1) is 14.3. The lowest BCUT2D eigenvalue weighted by atomic mass is 9.79. The van der Waals surface area contributed by atoms with E-state index in [1.165, 1.54) is 31.2 Å². The van der Waals surface area contributed by atoms with Crippen LogP contribution in [0.25, 0.3) is 0 Å². The van der Waals surface area contributed by atoms with Crippen molar-refractivity contribution in [2.24, 2.45) is 13.0 Å². The highest BCUT2D eigenvalue weighted by Crippen LogP contribution is 2.35. The molecular formula is C17H24N4. The maximum atomic E-state index is 4.23. The van der Waals surface area contributed by atoms with E-state index in [9.17, 15) is 0 Å². The summed E-state index contributed by atoms with van der Waals surface area (Å²) in [6.45, 7) is 2.17. The van der Waals surface area contributed by atoms with Crippen LogP contribution in [0.3, 0.4) is 0 Å². The zero-order chi connectivity index (χ0) is 14.7. The Hall–Kier alpha value is -1.68. The van der Waals surface area contributed by atoms with Crippen LogP contribution >= 0.6 is 0 Å². The molecule has 1 N–H and O–H groups in total. The average molecular weight is 284 g/mol. The Balaban J connectivity index is 1.72. The number of hydrogen-bond acceptors (Lipinski definition) is 3. The van der Waals surface area contributed by atoms with E-state index < -0.39 is 0 Å². The van der Waals surface area contributed by atoms with Gasteiger partial charge in [0.2, 0.25) is 0 Å². The molecule has 1 heterocycles. The van der Waals surface area contributed by atoms with Gasteiger partial charge in [-0.05, 0) is 24.8 Å². The first-order valence-corrected chi connectivity index (χ1v) is 7.89. The minimum absolute atomic E-state index is 0.212. The quantitative estimate of drug-likeness (QED) is 0.884. The lowest BCUT2D eigenvalue weighted by molar-refractivity contribution is 0.253. The summed E-state index contributed by atoms with van der Waals surface area (Å²) in [6.07, 6.45) is 7.36. The zero-order valence-electron chi connectivity index (χ0n) is 12.9. The molecular weight excluding hydrogens is 260 g/mol. The zero-order valence-corrected chi connectivity index (χ0v) is 12.9. The molecule has 0 amide bonds. The smallest absolute Gasteiger partial charge is 0.0993 e. The van der Waals surface area contributed by atoms with Crippen molar-refractivity contribution >= 4 is 0 Å². The van der Waals surface area contributed by atoms with Crippen LogP contribution in [0.5, 0.6) is 0 Å². The van der Waals surface area contributed by atoms with Gasteiger partial charge in [0, 0.05) is 19.3 Å². The van der Waals surface area contributed by atoms with Crippen LogP contribution in [0.15, 0.2) is 36.5 Å². The van der Waals surface area contributed by atoms with Crippen LogP contribution in [0, 0.1) is 5.92 Å². The molecule has 1 aromatic carbocycles. The summed E-state index contributed by atoms with van der Waals surface area (Å²) in [5, 5.41) is 12.0. The summed E-state index contributed by atoms with van der Waals surface area (Å²) in [7, 11) is 1.91. The Morgan fingerprint density at radius 2 is 2.05 bits per heavy atom. The predicted octanol–water partition coefficient (Wildman–Crippen LogP) is 3.40. The third-order valence-corrected chi connectivity index (χ3v) is 4.51. The molecule has 0 saturated heterocycles. The minimum atomic E-state index is 0.212. The van der Waals surface area contributed by atoms with E-state index in [1.807, 2.05) is 13.2 Å². The highest BCUT2D eigenvalue weighted by Gasteiger charge is 2.24. The molecule has 4 nitrogen and oxygen atoms in total. The molecule has 0 spiro atoms. The number of aryl methyl sites for hydroxylation is 1. The van der Waals surface area contributed by atoms with E-state index in [0.717, 1.165) is 11.6 Å². The summed E-state index contributed by atoms with van der Waals surface area (Å²) in [5.41, 5.74) is 2.38. The van der Waals surface area contributed by atoms with Gasteiger partial charge in [-0.2, -0.15) is 0 Å². The molecule has 1 fully saturated rings. The topological polar surface area (TPSA) is 42.7 Å². The molecule has 4 heteroatoms. The molecule has 112 valence electrons. The van der Waals surface area contributed by atoms with Gasteiger partial charge in [-0.3, -0.25) is 4.68 Å². The molecule has 2 unspecified atom stereocenters. The second-order valence-electron chi connectivity index (χ2n) is 6.20. The van der Waals surface area contributed by atoms with Crippen molar-refractivity contribution in [1.29, 1.82) is 0 Å². The fourth-order valence-electron chi connectivity index (χ4n) is 3.00. The van der Waals surface area contributed by atoms with Gasteiger partial charge in [0.05, 0.1) is 11.7 Å². The number of nitrogens with one attached hydrogen (secondary N) is 1. The molecule has 2 aromatic rings. The molecule has 0 bridgehead atoms. The van der Waals surface area contributed by atoms with Crippen molar-refractivity contribution in [3.63, 3.8) is 0 Å². The summed E-state index contributed by atoms with van der Waals surface area (Å²) in [5.74, 6) is 0.872. The Kier molecular flexibility index (Phi) is 4.34. The minimum Gasteiger partial charge on any atom is -0.302 e. The van der Waals surface area contributed by atoms with Crippen molar-refractivity contribution in [3.8, 4) is 0 Å². The van der Waals surface area contributed by atoms with Crippen molar-refractivity contribution in [3.05, 3.63) is 47.8 Å². The monoisotopic (exact) mass is 284 g/mol. The van der Waals surface area contributed by atoms with Crippen LogP contribution in [0.2, 0.25) is 0 Å². The van der Waals surface area contributed by atoms with Gasteiger partial charge in [0.1, 0.15) is 0 Å². The van der Waals surface area contributed by atoms with Gasteiger partial charge in [0.25, 0.3) is 0 Å². The Bertz CT molecular complexity index is 559. The molecule has 1 aromatic heterocycles.